The molecule has 7 heteroatoms. The van der Waals surface area contributed by atoms with Crippen molar-refractivity contribution in [3.05, 3.63) is 29.3 Å². The van der Waals surface area contributed by atoms with Gasteiger partial charge in [-0.1, -0.05) is 24.6 Å². The molecule has 2 unspecified atom stereocenters. The first kappa shape index (κ1) is 25.0. The molecular weight excluding hydrogens is 467 g/mol. The minimum Gasteiger partial charge on any atom is -0.496 e. The smallest absolute Gasteiger partial charge is 0.191 e. The van der Waals surface area contributed by atoms with Gasteiger partial charge in [-0.15, -0.1) is 24.0 Å². The summed E-state index contributed by atoms with van der Waals surface area (Å²) in [5.41, 5.74) is 2.37. The lowest BCUT2D eigenvalue weighted by Crippen LogP contribution is -2.41. The van der Waals surface area contributed by atoms with Crippen LogP contribution in [0, 0.1) is 12.8 Å². The highest BCUT2D eigenvalue weighted by Crippen LogP contribution is 2.25. The van der Waals surface area contributed by atoms with Gasteiger partial charge in [-0.05, 0) is 32.8 Å². The van der Waals surface area contributed by atoms with Gasteiger partial charge in [0.1, 0.15) is 5.75 Å². The van der Waals surface area contributed by atoms with Gasteiger partial charge < -0.3 is 20.1 Å². The van der Waals surface area contributed by atoms with Gasteiger partial charge in [-0.2, -0.15) is 0 Å². The molecule has 0 aromatic heterocycles. The lowest BCUT2D eigenvalue weighted by Gasteiger charge is -2.28. The fourth-order valence-corrected chi connectivity index (χ4v) is 3.32. The van der Waals surface area contributed by atoms with Crippen LogP contribution in [-0.4, -0.2) is 63.9 Å². The highest BCUT2D eigenvalue weighted by Gasteiger charge is 2.15. The molecule has 0 aliphatic carbocycles. The molecule has 6 nitrogen and oxygen atoms in total. The van der Waals surface area contributed by atoms with E-state index in [-0.39, 0.29) is 30.0 Å². The van der Waals surface area contributed by atoms with E-state index < -0.39 is 0 Å². The van der Waals surface area contributed by atoms with E-state index in [9.17, 15) is 0 Å². The van der Waals surface area contributed by atoms with Gasteiger partial charge >= 0.3 is 0 Å². The minimum absolute atomic E-state index is 0. The number of methoxy groups -OCH3 is 1. The minimum atomic E-state index is 0. The van der Waals surface area contributed by atoms with Gasteiger partial charge in [-0.25, -0.2) is 0 Å². The average molecular weight is 504 g/mol. The van der Waals surface area contributed by atoms with E-state index in [2.05, 4.69) is 55.4 Å². The largest absolute Gasteiger partial charge is 0.496 e. The van der Waals surface area contributed by atoms with Crippen molar-refractivity contribution < 1.29 is 9.47 Å². The maximum Gasteiger partial charge on any atom is 0.191 e. The number of halogens is 1. The average Bonchev–Trinajstić information content (AvgIpc) is 2.67. The summed E-state index contributed by atoms with van der Waals surface area (Å²) >= 11 is 0. The van der Waals surface area contributed by atoms with Gasteiger partial charge in [0.2, 0.25) is 0 Å². The molecule has 28 heavy (non-hydrogen) atoms. The lowest BCUT2D eigenvalue weighted by atomic mass is 10.0. The Morgan fingerprint density at radius 3 is 2.64 bits per heavy atom. The Labute approximate surface area is 187 Å². The summed E-state index contributed by atoms with van der Waals surface area (Å²) in [7, 11) is 1.72. The third kappa shape index (κ3) is 8.13. The third-order valence-electron chi connectivity index (χ3n) is 4.78. The predicted octanol–water partition coefficient (Wildman–Crippen LogP) is 3.21. The van der Waals surface area contributed by atoms with Crippen molar-refractivity contribution >= 4 is 29.9 Å². The number of rotatable bonds is 8. The summed E-state index contributed by atoms with van der Waals surface area (Å²) in [6.45, 7) is 15.0. The van der Waals surface area contributed by atoms with Gasteiger partial charge in [0.15, 0.2) is 5.96 Å². The normalized spacial score (nSPS) is 17.4. The van der Waals surface area contributed by atoms with Gasteiger partial charge in [-0.3, -0.25) is 9.89 Å². The van der Waals surface area contributed by atoms with Crippen LogP contribution in [0.2, 0.25) is 0 Å². The van der Waals surface area contributed by atoms with Crippen molar-refractivity contribution in [2.75, 3.05) is 53.0 Å². The van der Waals surface area contributed by atoms with Crippen molar-refractivity contribution in [2.24, 2.45) is 10.9 Å². The van der Waals surface area contributed by atoms with Gasteiger partial charge in [0, 0.05) is 38.3 Å². The van der Waals surface area contributed by atoms with E-state index in [0.29, 0.717) is 5.92 Å². The van der Waals surface area contributed by atoms with E-state index in [1.807, 2.05) is 6.07 Å². The van der Waals surface area contributed by atoms with E-state index in [1.165, 1.54) is 5.56 Å². The number of benzene rings is 1. The maximum atomic E-state index is 5.53. The van der Waals surface area contributed by atoms with Crippen molar-refractivity contribution in [2.45, 2.75) is 33.7 Å². The summed E-state index contributed by atoms with van der Waals surface area (Å²) in [5, 5.41) is 6.88. The number of guanidine groups is 1. The zero-order chi connectivity index (χ0) is 19.6. The zero-order valence-electron chi connectivity index (χ0n) is 18.0. The molecule has 0 amide bonds. The van der Waals surface area contributed by atoms with Crippen LogP contribution in [0.25, 0.3) is 0 Å². The Morgan fingerprint density at radius 1 is 1.29 bits per heavy atom. The fraction of sp³-hybridized carbons (Fsp3) is 0.667. The molecule has 1 fully saturated rings. The number of aliphatic imine (C=N–C) groups is 1. The Morgan fingerprint density at radius 2 is 2.00 bits per heavy atom. The van der Waals surface area contributed by atoms with E-state index in [0.717, 1.165) is 63.2 Å². The van der Waals surface area contributed by atoms with Crippen molar-refractivity contribution in [3.8, 4) is 5.75 Å². The molecule has 1 heterocycles. The van der Waals surface area contributed by atoms with E-state index >= 15 is 0 Å². The molecule has 160 valence electrons. The van der Waals surface area contributed by atoms with Crippen LogP contribution in [0.15, 0.2) is 23.2 Å². The van der Waals surface area contributed by atoms with Crippen LogP contribution < -0.4 is 15.4 Å². The van der Waals surface area contributed by atoms with Crippen molar-refractivity contribution in [1.82, 2.24) is 15.5 Å². The second kappa shape index (κ2) is 13.2. The van der Waals surface area contributed by atoms with Crippen LogP contribution in [-0.2, 0) is 4.74 Å². The molecule has 1 aromatic carbocycles. The molecule has 1 saturated heterocycles. The predicted molar refractivity (Wildman–Crippen MR) is 127 cm³/mol. The molecule has 0 bridgehead atoms. The summed E-state index contributed by atoms with van der Waals surface area (Å²) in [6, 6.07) is 6.37. The first-order chi connectivity index (χ1) is 13.0. The topological polar surface area (TPSA) is 58.1 Å². The number of morpholine rings is 1. The molecule has 2 N–H and O–H groups in total. The quantitative estimate of drug-likeness (QED) is 0.324. The van der Waals surface area contributed by atoms with Crippen LogP contribution in [0.4, 0.5) is 0 Å². The molecule has 0 radical (unpaired) electrons. The summed E-state index contributed by atoms with van der Waals surface area (Å²) < 4.78 is 11.0. The second-order valence-corrected chi connectivity index (χ2v) is 7.35. The molecule has 2 atom stereocenters. The summed E-state index contributed by atoms with van der Waals surface area (Å²) in [6.07, 6.45) is 0. The standard InChI is InChI=1S/C21H36N4O2.HI/c1-6-22-21(23-14-17(3)15-25-9-11-27-12-10-25)24-18(4)19-13-16(2)7-8-20(19)26-5;/h7-8,13,17-18H,6,9-12,14-15H2,1-5H3,(H2,22,23,24);1H. The Kier molecular flexibility index (Phi) is 11.8. The molecule has 1 aromatic rings. The van der Waals surface area contributed by atoms with E-state index in [4.69, 9.17) is 14.5 Å². The molecule has 0 spiro atoms. The van der Waals surface area contributed by atoms with Crippen molar-refractivity contribution in [3.63, 3.8) is 0 Å². The summed E-state index contributed by atoms with van der Waals surface area (Å²) in [5.74, 6) is 2.25. The number of nitrogens with one attached hydrogen (secondary N) is 2. The number of hydrogen-bond acceptors (Lipinski definition) is 4. The van der Waals surface area contributed by atoms with Crippen LogP contribution in [0.1, 0.15) is 37.9 Å². The Hall–Kier alpha value is -1.06. The molecular formula is C21H37IN4O2. The Balaban J connectivity index is 0.00000392. The van der Waals surface area contributed by atoms with Crippen LogP contribution in [0.3, 0.4) is 0 Å². The molecule has 1 aliphatic heterocycles. The number of aryl methyl sites for hydroxylation is 1. The zero-order valence-corrected chi connectivity index (χ0v) is 20.3. The highest BCUT2D eigenvalue weighted by atomic mass is 127. The van der Waals surface area contributed by atoms with E-state index in [1.54, 1.807) is 7.11 Å². The summed E-state index contributed by atoms with van der Waals surface area (Å²) in [4.78, 5) is 7.28. The van der Waals surface area contributed by atoms with Crippen LogP contribution in [0.5, 0.6) is 5.75 Å². The van der Waals surface area contributed by atoms with Crippen LogP contribution >= 0.6 is 24.0 Å². The highest BCUT2D eigenvalue weighted by molar-refractivity contribution is 14.0. The van der Waals surface area contributed by atoms with Gasteiger partial charge in [0.25, 0.3) is 0 Å². The van der Waals surface area contributed by atoms with Crippen molar-refractivity contribution in [1.29, 1.82) is 0 Å². The number of nitrogens with zero attached hydrogens (tertiary/aromatic N) is 2. The fourth-order valence-electron chi connectivity index (χ4n) is 3.32. The lowest BCUT2D eigenvalue weighted by molar-refractivity contribution is 0.0323. The molecule has 0 saturated carbocycles. The first-order valence-corrected chi connectivity index (χ1v) is 10.0. The molecule has 2 rings (SSSR count). The Bertz CT molecular complexity index is 606. The number of hydrogen-bond donors (Lipinski definition) is 2. The second-order valence-electron chi connectivity index (χ2n) is 7.35. The first-order valence-electron chi connectivity index (χ1n) is 10.0. The SMILES string of the molecule is CCNC(=NCC(C)CN1CCOCC1)NC(C)c1cc(C)ccc1OC.I. The van der Waals surface area contributed by atoms with Gasteiger partial charge in [0.05, 0.1) is 26.4 Å². The monoisotopic (exact) mass is 504 g/mol. The third-order valence-corrected chi connectivity index (χ3v) is 4.78. The maximum absolute atomic E-state index is 5.53. The number of ether oxygens (including phenoxy) is 2. The molecule has 1 aliphatic rings.